The van der Waals surface area contributed by atoms with Crippen molar-refractivity contribution in [3.05, 3.63) is 35.1 Å². The number of nitrogens with zero attached hydrogens (tertiary/aromatic N) is 1. The summed E-state index contributed by atoms with van der Waals surface area (Å²) in [4.78, 5) is 4.21. The van der Waals surface area contributed by atoms with Crippen LogP contribution in [0.4, 0.5) is 13.2 Å². The van der Waals surface area contributed by atoms with Crippen LogP contribution in [0.5, 0.6) is 0 Å². The number of aliphatic imine (C=N–C) groups is 1. The molecule has 1 heterocycles. The van der Waals surface area contributed by atoms with Crippen LogP contribution >= 0.6 is 0 Å². The largest absolute Gasteiger partial charge is 0.475 e. The fourth-order valence-corrected chi connectivity index (χ4v) is 1.57. The molecule has 0 radical (unpaired) electrons. The Kier molecular flexibility index (Phi) is 3.09. The zero-order valence-electron chi connectivity index (χ0n) is 9.51. The van der Waals surface area contributed by atoms with Gasteiger partial charge in [-0.25, -0.2) is 18.2 Å². The maximum absolute atomic E-state index is 13.0. The first kappa shape index (κ1) is 12.0. The predicted octanol–water partition coefficient (Wildman–Crippen LogP) is 2.91. The van der Waals surface area contributed by atoms with Gasteiger partial charge in [-0.15, -0.1) is 0 Å². The Morgan fingerprint density at radius 1 is 1.24 bits per heavy atom. The average Bonchev–Trinajstić information content (AvgIpc) is 2.74. The minimum atomic E-state index is -1.48. The molecule has 0 bridgehead atoms. The molecule has 1 aromatic carbocycles. The van der Waals surface area contributed by atoms with E-state index in [1.54, 1.807) is 0 Å². The van der Waals surface area contributed by atoms with Crippen molar-refractivity contribution < 1.29 is 17.9 Å². The Bertz CT molecular complexity index is 448. The Balaban J connectivity index is 2.33. The zero-order valence-corrected chi connectivity index (χ0v) is 9.51. The maximum atomic E-state index is 13.0. The molecule has 0 spiro atoms. The quantitative estimate of drug-likeness (QED) is 0.732. The van der Waals surface area contributed by atoms with Gasteiger partial charge in [0, 0.05) is 5.56 Å². The molecular weight excluding hydrogens is 231 g/mol. The van der Waals surface area contributed by atoms with Crippen molar-refractivity contribution in [3.8, 4) is 0 Å². The van der Waals surface area contributed by atoms with Crippen LogP contribution < -0.4 is 0 Å². The third-order valence-corrected chi connectivity index (χ3v) is 2.67. The van der Waals surface area contributed by atoms with Crippen LogP contribution in [-0.4, -0.2) is 18.5 Å². The van der Waals surface area contributed by atoms with Gasteiger partial charge in [0.1, 0.15) is 6.61 Å². The van der Waals surface area contributed by atoms with Gasteiger partial charge in [-0.3, -0.25) is 0 Å². The number of rotatable bonds is 2. The SMILES string of the molecule is CC(C)C1COC(c2cc(F)c(F)c(F)c2)=N1. The Hall–Kier alpha value is -1.52. The van der Waals surface area contributed by atoms with Crippen molar-refractivity contribution in [2.24, 2.45) is 10.9 Å². The summed E-state index contributed by atoms with van der Waals surface area (Å²) in [6.07, 6.45) is 0. The van der Waals surface area contributed by atoms with Crippen LogP contribution in [0.25, 0.3) is 0 Å². The highest BCUT2D eigenvalue weighted by Gasteiger charge is 2.24. The lowest BCUT2D eigenvalue weighted by molar-refractivity contribution is 0.291. The normalized spacial score (nSPS) is 19.4. The van der Waals surface area contributed by atoms with Gasteiger partial charge in [-0.2, -0.15) is 0 Å². The van der Waals surface area contributed by atoms with E-state index in [4.69, 9.17) is 4.74 Å². The van der Waals surface area contributed by atoms with Crippen molar-refractivity contribution in [1.82, 2.24) is 0 Å². The molecule has 1 aromatic rings. The van der Waals surface area contributed by atoms with E-state index in [1.165, 1.54) is 0 Å². The fourth-order valence-electron chi connectivity index (χ4n) is 1.57. The van der Waals surface area contributed by atoms with Gasteiger partial charge in [0.2, 0.25) is 5.90 Å². The summed E-state index contributed by atoms with van der Waals surface area (Å²) < 4.78 is 44.1. The van der Waals surface area contributed by atoms with Gasteiger partial charge >= 0.3 is 0 Å². The molecule has 2 nitrogen and oxygen atoms in total. The van der Waals surface area contributed by atoms with Crippen molar-refractivity contribution >= 4 is 5.90 Å². The molecule has 92 valence electrons. The molecule has 0 aliphatic carbocycles. The summed E-state index contributed by atoms with van der Waals surface area (Å²) in [5.74, 6) is -3.50. The summed E-state index contributed by atoms with van der Waals surface area (Å²) in [5.41, 5.74) is 0.129. The predicted molar refractivity (Wildman–Crippen MR) is 57.4 cm³/mol. The first-order valence-electron chi connectivity index (χ1n) is 5.34. The molecular formula is C12H12F3NO. The molecule has 0 saturated carbocycles. The van der Waals surface area contributed by atoms with Gasteiger partial charge in [0.05, 0.1) is 6.04 Å². The minimum absolute atomic E-state index is 0.0267. The Labute approximate surface area is 97.1 Å². The first-order chi connectivity index (χ1) is 7.99. The number of hydrogen-bond acceptors (Lipinski definition) is 2. The minimum Gasteiger partial charge on any atom is -0.475 e. The van der Waals surface area contributed by atoms with Crippen LogP contribution in [0.1, 0.15) is 19.4 Å². The molecule has 0 N–H and O–H groups in total. The van der Waals surface area contributed by atoms with Crippen molar-refractivity contribution in [2.45, 2.75) is 19.9 Å². The lowest BCUT2D eigenvalue weighted by Gasteiger charge is -2.06. The highest BCUT2D eigenvalue weighted by atomic mass is 19.2. The van der Waals surface area contributed by atoms with E-state index in [2.05, 4.69) is 4.99 Å². The highest BCUT2D eigenvalue weighted by Crippen LogP contribution is 2.20. The molecule has 17 heavy (non-hydrogen) atoms. The molecule has 0 saturated heterocycles. The first-order valence-corrected chi connectivity index (χ1v) is 5.34. The van der Waals surface area contributed by atoms with E-state index in [-0.39, 0.29) is 23.4 Å². The van der Waals surface area contributed by atoms with Crippen molar-refractivity contribution in [2.75, 3.05) is 6.61 Å². The topological polar surface area (TPSA) is 21.6 Å². The molecule has 0 amide bonds. The molecule has 2 rings (SSSR count). The van der Waals surface area contributed by atoms with Gasteiger partial charge in [-0.05, 0) is 18.1 Å². The van der Waals surface area contributed by atoms with Crippen LogP contribution in [-0.2, 0) is 4.74 Å². The smallest absolute Gasteiger partial charge is 0.216 e. The highest BCUT2D eigenvalue weighted by molar-refractivity contribution is 5.95. The lowest BCUT2D eigenvalue weighted by atomic mass is 10.1. The lowest BCUT2D eigenvalue weighted by Crippen LogP contribution is -2.13. The van der Waals surface area contributed by atoms with E-state index in [1.807, 2.05) is 13.8 Å². The number of benzene rings is 1. The second kappa shape index (κ2) is 4.39. The standard InChI is InChI=1S/C12H12F3NO/c1-6(2)10-5-17-12(16-10)7-3-8(13)11(15)9(14)4-7/h3-4,6,10H,5H2,1-2H3. The molecule has 0 aromatic heterocycles. The van der Waals surface area contributed by atoms with E-state index >= 15 is 0 Å². The van der Waals surface area contributed by atoms with Crippen molar-refractivity contribution in [1.29, 1.82) is 0 Å². The number of halogens is 3. The fraction of sp³-hybridized carbons (Fsp3) is 0.417. The van der Waals surface area contributed by atoms with Crippen LogP contribution in [0, 0.1) is 23.4 Å². The zero-order chi connectivity index (χ0) is 12.6. The third-order valence-electron chi connectivity index (χ3n) is 2.67. The average molecular weight is 243 g/mol. The monoisotopic (exact) mass is 243 g/mol. The number of hydrogen-bond donors (Lipinski definition) is 0. The van der Waals surface area contributed by atoms with E-state index in [0.29, 0.717) is 6.61 Å². The van der Waals surface area contributed by atoms with Crippen LogP contribution in [0.3, 0.4) is 0 Å². The summed E-state index contributed by atoms with van der Waals surface area (Å²) in [6, 6.07) is 1.75. The van der Waals surface area contributed by atoms with Crippen LogP contribution in [0.2, 0.25) is 0 Å². The van der Waals surface area contributed by atoms with E-state index < -0.39 is 17.5 Å². The summed E-state index contributed by atoms with van der Waals surface area (Å²) in [7, 11) is 0. The van der Waals surface area contributed by atoms with E-state index in [9.17, 15) is 13.2 Å². The van der Waals surface area contributed by atoms with Gasteiger partial charge in [0.15, 0.2) is 17.5 Å². The molecule has 0 fully saturated rings. The molecule has 1 atom stereocenters. The summed E-state index contributed by atoms with van der Waals surface area (Å²) in [6.45, 7) is 4.34. The van der Waals surface area contributed by atoms with E-state index in [0.717, 1.165) is 12.1 Å². The summed E-state index contributed by atoms with van der Waals surface area (Å²) in [5, 5.41) is 0. The van der Waals surface area contributed by atoms with Gasteiger partial charge in [0.25, 0.3) is 0 Å². The van der Waals surface area contributed by atoms with Crippen LogP contribution in [0.15, 0.2) is 17.1 Å². The molecule has 5 heteroatoms. The Morgan fingerprint density at radius 3 is 2.29 bits per heavy atom. The van der Waals surface area contributed by atoms with Gasteiger partial charge < -0.3 is 4.74 Å². The Morgan fingerprint density at radius 2 is 1.82 bits per heavy atom. The van der Waals surface area contributed by atoms with Crippen molar-refractivity contribution in [3.63, 3.8) is 0 Å². The second-order valence-electron chi connectivity index (χ2n) is 4.31. The summed E-state index contributed by atoms with van der Waals surface area (Å²) >= 11 is 0. The van der Waals surface area contributed by atoms with Gasteiger partial charge in [-0.1, -0.05) is 13.8 Å². The molecule has 1 unspecified atom stereocenters. The maximum Gasteiger partial charge on any atom is 0.216 e. The number of ether oxygens (including phenoxy) is 1. The second-order valence-corrected chi connectivity index (χ2v) is 4.31. The molecule has 1 aliphatic rings. The molecule has 1 aliphatic heterocycles. The third kappa shape index (κ3) is 2.28.